The summed E-state index contributed by atoms with van der Waals surface area (Å²) in [6, 6.07) is 11.8. The lowest BCUT2D eigenvalue weighted by Crippen LogP contribution is -2.33. The highest BCUT2D eigenvalue weighted by Gasteiger charge is 2.20. The van der Waals surface area contributed by atoms with E-state index in [1.165, 1.54) is 18.4 Å². The van der Waals surface area contributed by atoms with Crippen molar-refractivity contribution < 1.29 is 28.3 Å². The van der Waals surface area contributed by atoms with Gasteiger partial charge in [-0.2, -0.15) is 0 Å². The molecule has 3 aromatic rings. The summed E-state index contributed by atoms with van der Waals surface area (Å²) in [5.41, 5.74) is 1.59. The zero-order valence-corrected chi connectivity index (χ0v) is 20.2. The van der Waals surface area contributed by atoms with Gasteiger partial charge in [-0.3, -0.25) is 9.59 Å². The monoisotopic (exact) mass is 480 g/mol. The van der Waals surface area contributed by atoms with Crippen LogP contribution in [-0.4, -0.2) is 47.6 Å². The van der Waals surface area contributed by atoms with Crippen molar-refractivity contribution in [3.05, 3.63) is 60.6 Å². The first-order valence-electron chi connectivity index (χ1n) is 10.8. The predicted molar refractivity (Wildman–Crippen MR) is 130 cm³/mol. The number of ether oxygens (including phenoxy) is 2. The molecule has 0 aliphatic carbocycles. The van der Waals surface area contributed by atoms with E-state index in [1.807, 2.05) is 0 Å². The topological polar surface area (TPSA) is 123 Å². The number of benzene rings is 2. The van der Waals surface area contributed by atoms with Gasteiger partial charge in [0.2, 0.25) is 0 Å². The lowest BCUT2D eigenvalue weighted by Gasteiger charge is -2.24. The molecule has 0 spiro atoms. The molecule has 0 saturated heterocycles. The molecule has 35 heavy (non-hydrogen) atoms. The summed E-state index contributed by atoms with van der Waals surface area (Å²) in [5.74, 6) is -0.742. The molecule has 0 fully saturated rings. The second-order valence-electron chi connectivity index (χ2n) is 8.73. The van der Waals surface area contributed by atoms with Gasteiger partial charge in [-0.25, -0.2) is 9.78 Å². The number of rotatable bonds is 6. The number of anilines is 2. The zero-order valence-electron chi connectivity index (χ0n) is 20.2. The van der Waals surface area contributed by atoms with Crippen molar-refractivity contribution in [1.29, 1.82) is 0 Å². The standard InChI is InChI=1S/C25H28N4O6/c1-25(2,3)35-24(32)29(4)14-16-7-6-8-17(11-16)27-22(30)23(31)28-18-9-10-19(20(12-18)33-5)21-13-26-15-34-21/h6-13,15H,14H2,1-5H3,(H,27,30)(H,28,31). The summed E-state index contributed by atoms with van der Waals surface area (Å²) >= 11 is 0. The van der Waals surface area contributed by atoms with Crippen molar-refractivity contribution in [1.82, 2.24) is 9.88 Å². The van der Waals surface area contributed by atoms with E-state index in [2.05, 4.69) is 15.6 Å². The van der Waals surface area contributed by atoms with Crippen LogP contribution >= 0.6 is 0 Å². The SMILES string of the molecule is COc1cc(NC(=O)C(=O)Nc2cccc(CN(C)C(=O)OC(C)(C)C)c2)ccc1-c1cnco1. The van der Waals surface area contributed by atoms with E-state index in [-0.39, 0.29) is 6.54 Å². The number of nitrogens with one attached hydrogen (secondary N) is 2. The van der Waals surface area contributed by atoms with Gasteiger partial charge in [-0.1, -0.05) is 12.1 Å². The van der Waals surface area contributed by atoms with Crippen molar-refractivity contribution in [3.8, 4) is 17.1 Å². The lowest BCUT2D eigenvalue weighted by molar-refractivity contribution is -0.132. The summed E-state index contributed by atoms with van der Waals surface area (Å²) in [7, 11) is 3.11. The Morgan fingerprint density at radius 2 is 1.71 bits per heavy atom. The Kier molecular flexibility index (Phi) is 7.75. The van der Waals surface area contributed by atoms with E-state index in [1.54, 1.807) is 76.5 Å². The van der Waals surface area contributed by atoms with Crippen molar-refractivity contribution >= 4 is 29.3 Å². The van der Waals surface area contributed by atoms with Crippen LogP contribution in [0.4, 0.5) is 16.2 Å². The van der Waals surface area contributed by atoms with Gasteiger partial charge in [-0.15, -0.1) is 0 Å². The summed E-state index contributed by atoms with van der Waals surface area (Å²) in [5, 5.41) is 5.11. The van der Waals surface area contributed by atoms with Crippen LogP contribution < -0.4 is 15.4 Å². The Morgan fingerprint density at radius 1 is 1.03 bits per heavy atom. The van der Waals surface area contributed by atoms with Crippen LogP contribution in [0.5, 0.6) is 5.75 Å². The number of methoxy groups -OCH3 is 1. The minimum Gasteiger partial charge on any atom is -0.496 e. The molecule has 0 unspecified atom stereocenters. The third kappa shape index (κ3) is 7.07. The molecular formula is C25H28N4O6. The van der Waals surface area contributed by atoms with E-state index in [0.29, 0.717) is 28.4 Å². The van der Waals surface area contributed by atoms with Gasteiger partial charge >= 0.3 is 17.9 Å². The fraction of sp³-hybridized carbons (Fsp3) is 0.280. The highest BCUT2D eigenvalue weighted by Crippen LogP contribution is 2.32. The maximum Gasteiger partial charge on any atom is 0.410 e. The number of oxazole rings is 1. The molecule has 0 atom stereocenters. The molecule has 1 heterocycles. The van der Waals surface area contributed by atoms with Gasteiger partial charge < -0.3 is 29.4 Å². The molecule has 3 amide bonds. The molecule has 1 aromatic heterocycles. The Labute approximate surface area is 203 Å². The van der Waals surface area contributed by atoms with Crippen molar-refractivity contribution in [2.45, 2.75) is 32.9 Å². The first-order valence-corrected chi connectivity index (χ1v) is 10.8. The fourth-order valence-electron chi connectivity index (χ4n) is 3.12. The number of carbonyl (C=O) groups excluding carboxylic acids is 3. The summed E-state index contributed by atoms with van der Waals surface area (Å²) < 4.78 is 16.0. The summed E-state index contributed by atoms with van der Waals surface area (Å²) in [6.45, 7) is 5.64. The quantitative estimate of drug-likeness (QED) is 0.505. The molecule has 0 saturated carbocycles. The average Bonchev–Trinajstić information content (AvgIpc) is 3.32. The van der Waals surface area contributed by atoms with Crippen LogP contribution in [0.3, 0.4) is 0 Å². The number of carbonyl (C=O) groups is 3. The Balaban J connectivity index is 1.62. The lowest BCUT2D eigenvalue weighted by atomic mass is 10.1. The number of aromatic nitrogens is 1. The van der Waals surface area contributed by atoms with Gasteiger partial charge in [0.25, 0.3) is 0 Å². The Hall–Kier alpha value is -4.34. The maximum absolute atomic E-state index is 12.5. The molecule has 0 bridgehead atoms. The van der Waals surface area contributed by atoms with E-state index in [4.69, 9.17) is 13.9 Å². The first-order chi connectivity index (χ1) is 16.6. The van der Waals surface area contributed by atoms with Crippen LogP contribution in [0.15, 0.2) is 59.5 Å². The molecule has 0 radical (unpaired) electrons. The predicted octanol–water partition coefficient (Wildman–Crippen LogP) is 4.29. The van der Waals surface area contributed by atoms with E-state index >= 15 is 0 Å². The van der Waals surface area contributed by atoms with Crippen molar-refractivity contribution in [2.24, 2.45) is 0 Å². The average molecular weight is 481 g/mol. The van der Waals surface area contributed by atoms with Gasteiger partial charge in [0.1, 0.15) is 11.4 Å². The van der Waals surface area contributed by atoms with E-state index < -0.39 is 23.5 Å². The smallest absolute Gasteiger partial charge is 0.410 e. The van der Waals surface area contributed by atoms with Crippen LogP contribution in [0.25, 0.3) is 11.3 Å². The number of hydrogen-bond acceptors (Lipinski definition) is 7. The van der Waals surface area contributed by atoms with Gasteiger partial charge in [0.05, 0.1) is 18.9 Å². The molecule has 2 aromatic carbocycles. The van der Waals surface area contributed by atoms with Gasteiger partial charge in [0.15, 0.2) is 12.2 Å². The molecule has 2 N–H and O–H groups in total. The minimum atomic E-state index is -0.851. The molecule has 184 valence electrons. The molecule has 0 aliphatic heterocycles. The Morgan fingerprint density at radius 3 is 2.31 bits per heavy atom. The highest BCUT2D eigenvalue weighted by molar-refractivity contribution is 6.43. The van der Waals surface area contributed by atoms with E-state index in [0.717, 1.165) is 5.56 Å². The fourth-order valence-corrected chi connectivity index (χ4v) is 3.12. The largest absolute Gasteiger partial charge is 0.496 e. The minimum absolute atomic E-state index is 0.266. The van der Waals surface area contributed by atoms with Gasteiger partial charge in [-0.05, 0) is 50.6 Å². The number of amides is 3. The molecule has 10 heteroatoms. The maximum atomic E-state index is 12.5. The molecule has 0 aliphatic rings. The second-order valence-corrected chi connectivity index (χ2v) is 8.73. The van der Waals surface area contributed by atoms with Gasteiger partial charge in [0, 0.05) is 31.0 Å². The van der Waals surface area contributed by atoms with Crippen LogP contribution in [0.2, 0.25) is 0 Å². The molecule has 10 nitrogen and oxygen atoms in total. The van der Waals surface area contributed by atoms with Crippen molar-refractivity contribution in [2.75, 3.05) is 24.8 Å². The summed E-state index contributed by atoms with van der Waals surface area (Å²) in [6.07, 6.45) is 2.39. The third-order valence-corrected chi connectivity index (χ3v) is 4.67. The van der Waals surface area contributed by atoms with E-state index in [9.17, 15) is 14.4 Å². The number of nitrogens with zero attached hydrogens (tertiary/aromatic N) is 2. The zero-order chi connectivity index (χ0) is 25.6. The highest BCUT2D eigenvalue weighted by atomic mass is 16.6. The van der Waals surface area contributed by atoms with Crippen LogP contribution in [0, 0.1) is 0 Å². The first kappa shape index (κ1) is 25.3. The van der Waals surface area contributed by atoms with Crippen molar-refractivity contribution in [3.63, 3.8) is 0 Å². The van der Waals surface area contributed by atoms with Crippen LogP contribution in [-0.2, 0) is 20.9 Å². The Bertz CT molecular complexity index is 1200. The molecular weight excluding hydrogens is 452 g/mol. The second kappa shape index (κ2) is 10.7. The third-order valence-electron chi connectivity index (χ3n) is 4.67. The normalized spacial score (nSPS) is 10.9. The molecule has 3 rings (SSSR count). The summed E-state index contributed by atoms with van der Waals surface area (Å²) in [4.78, 5) is 42.4. The number of hydrogen-bond donors (Lipinski definition) is 2. The van der Waals surface area contributed by atoms with Crippen LogP contribution in [0.1, 0.15) is 26.3 Å².